The van der Waals surface area contributed by atoms with Gasteiger partial charge in [-0.25, -0.2) is 0 Å². The van der Waals surface area contributed by atoms with Gasteiger partial charge in [-0.05, 0) is 49.9 Å². The van der Waals surface area contributed by atoms with Crippen molar-refractivity contribution >= 4 is 11.9 Å². The van der Waals surface area contributed by atoms with E-state index in [0.717, 1.165) is 0 Å². The van der Waals surface area contributed by atoms with Crippen molar-refractivity contribution < 1.29 is 29.3 Å². The molecule has 2 N–H and O–H groups in total. The van der Waals surface area contributed by atoms with Gasteiger partial charge in [0.05, 0.1) is 13.2 Å². The van der Waals surface area contributed by atoms with Gasteiger partial charge in [0.1, 0.15) is 11.5 Å². The molecule has 1 aromatic rings. The van der Waals surface area contributed by atoms with E-state index in [1.165, 1.54) is 0 Å². The molecule has 1 rings (SSSR count). The molecule has 0 saturated heterocycles. The minimum atomic E-state index is -0.787. The van der Waals surface area contributed by atoms with Gasteiger partial charge < -0.3 is 19.7 Å². The molecule has 0 radical (unpaired) electrons. The van der Waals surface area contributed by atoms with Gasteiger partial charge in [-0.1, -0.05) is 0 Å². The number of carboxylic acids is 2. The lowest BCUT2D eigenvalue weighted by Crippen LogP contribution is -2.01. The molecular weight excluding hydrogens is 288 g/mol. The van der Waals surface area contributed by atoms with Gasteiger partial charge >= 0.3 is 11.9 Å². The van der Waals surface area contributed by atoms with Crippen LogP contribution in [0.3, 0.4) is 0 Å². The number of rotatable bonds is 12. The summed E-state index contributed by atoms with van der Waals surface area (Å²) in [6.45, 7) is 0.978. The number of aliphatic carboxylic acids is 2. The molecule has 0 amide bonds. The van der Waals surface area contributed by atoms with Crippen LogP contribution in [0.4, 0.5) is 0 Å². The number of ether oxygens (including phenoxy) is 2. The first-order valence-electron chi connectivity index (χ1n) is 7.37. The molecule has 0 atom stereocenters. The summed E-state index contributed by atoms with van der Waals surface area (Å²) in [5.74, 6) is -0.142. The summed E-state index contributed by atoms with van der Waals surface area (Å²) in [5, 5.41) is 17.0. The van der Waals surface area contributed by atoms with Gasteiger partial charge in [0.25, 0.3) is 0 Å². The summed E-state index contributed by atoms with van der Waals surface area (Å²) in [5.41, 5.74) is 0. The average Bonchev–Trinajstić information content (AvgIpc) is 2.47. The van der Waals surface area contributed by atoms with Crippen molar-refractivity contribution in [2.75, 3.05) is 13.2 Å². The third-order valence-electron chi connectivity index (χ3n) is 2.93. The van der Waals surface area contributed by atoms with Crippen molar-refractivity contribution in [3.8, 4) is 11.5 Å². The number of benzene rings is 1. The lowest BCUT2D eigenvalue weighted by molar-refractivity contribution is -0.138. The molecule has 0 fully saturated rings. The van der Waals surface area contributed by atoms with E-state index in [1.807, 2.05) is 0 Å². The van der Waals surface area contributed by atoms with Gasteiger partial charge in [-0.15, -0.1) is 0 Å². The summed E-state index contributed by atoms with van der Waals surface area (Å²) >= 11 is 0. The maximum absolute atomic E-state index is 10.3. The van der Waals surface area contributed by atoms with E-state index in [1.54, 1.807) is 24.3 Å². The molecule has 0 aromatic heterocycles. The first-order chi connectivity index (χ1) is 10.6. The number of carboxylic acid groups (broad SMARTS) is 2. The van der Waals surface area contributed by atoms with E-state index in [9.17, 15) is 9.59 Å². The molecule has 0 unspecified atom stereocenters. The Labute approximate surface area is 129 Å². The van der Waals surface area contributed by atoms with E-state index < -0.39 is 11.9 Å². The number of unbranched alkanes of at least 4 members (excludes halogenated alkanes) is 2. The van der Waals surface area contributed by atoms with E-state index in [4.69, 9.17) is 19.7 Å². The van der Waals surface area contributed by atoms with Crippen LogP contribution in [0.25, 0.3) is 0 Å². The fourth-order valence-electron chi connectivity index (χ4n) is 1.77. The molecule has 122 valence electrons. The van der Waals surface area contributed by atoms with Gasteiger partial charge in [0.2, 0.25) is 0 Å². The maximum Gasteiger partial charge on any atom is 0.303 e. The third kappa shape index (κ3) is 8.84. The Bertz CT molecular complexity index is 411. The summed E-state index contributed by atoms with van der Waals surface area (Å²) < 4.78 is 11.0. The highest BCUT2D eigenvalue weighted by Crippen LogP contribution is 2.18. The Morgan fingerprint density at radius 1 is 0.727 bits per heavy atom. The lowest BCUT2D eigenvalue weighted by atomic mass is 10.2. The zero-order valence-corrected chi connectivity index (χ0v) is 12.5. The highest BCUT2D eigenvalue weighted by Gasteiger charge is 2.00. The van der Waals surface area contributed by atoms with Crippen molar-refractivity contribution in [3.63, 3.8) is 0 Å². The van der Waals surface area contributed by atoms with Gasteiger partial charge in [-0.2, -0.15) is 0 Å². The second kappa shape index (κ2) is 10.5. The summed E-state index contributed by atoms with van der Waals surface area (Å²) in [6, 6.07) is 7.18. The Kier molecular flexibility index (Phi) is 8.49. The minimum absolute atomic E-state index is 0.165. The first-order valence-corrected chi connectivity index (χ1v) is 7.37. The molecule has 0 spiro atoms. The lowest BCUT2D eigenvalue weighted by Gasteiger charge is -2.08. The third-order valence-corrected chi connectivity index (χ3v) is 2.93. The molecule has 0 bridgehead atoms. The van der Waals surface area contributed by atoms with Crippen LogP contribution in [0.5, 0.6) is 11.5 Å². The van der Waals surface area contributed by atoms with Crippen LogP contribution in [-0.2, 0) is 9.59 Å². The van der Waals surface area contributed by atoms with E-state index in [-0.39, 0.29) is 12.8 Å². The Morgan fingerprint density at radius 2 is 1.09 bits per heavy atom. The minimum Gasteiger partial charge on any atom is -0.494 e. The van der Waals surface area contributed by atoms with Crippen LogP contribution in [0.2, 0.25) is 0 Å². The molecule has 0 aliphatic heterocycles. The largest absolute Gasteiger partial charge is 0.494 e. The van der Waals surface area contributed by atoms with Crippen molar-refractivity contribution in [1.29, 1.82) is 0 Å². The van der Waals surface area contributed by atoms with Crippen LogP contribution in [-0.4, -0.2) is 35.4 Å². The summed E-state index contributed by atoms with van der Waals surface area (Å²) in [6.07, 6.45) is 2.94. The zero-order chi connectivity index (χ0) is 16.2. The predicted molar refractivity (Wildman–Crippen MR) is 80.4 cm³/mol. The van der Waals surface area contributed by atoms with Crippen molar-refractivity contribution in [2.24, 2.45) is 0 Å². The fraction of sp³-hybridized carbons (Fsp3) is 0.500. The fourth-order valence-corrected chi connectivity index (χ4v) is 1.77. The highest BCUT2D eigenvalue weighted by molar-refractivity contribution is 5.66. The Balaban J connectivity index is 2.14. The predicted octanol–water partition coefficient (Wildman–Crippen LogP) is 2.95. The molecule has 0 aliphatic carbocycles. The van der Waals surface area contributed by atoms with E-state index in [2.05, 4.69) is 0 Å². The van der Waals surface area contributed by atoms with E-state index in [0.29, 0.717) is 50.4 Å². The average molecular weight is 310 g/mol. The van der Waals surface area contributed by atoms with Gasteiger partial charge in [0, 0.05) is 12.8 Å². The van der Waals surface area contributed by atoms with E-state index >= 15 is 0 Å². The summed E-state index contributed by atoms with van der Waals surface area (Å²) in [7, 11) is 0. The first kappa shape index (κ1) is 17.8. The van der Waals surface area contributed by atoms with Crippen LogP contribution in [0.15, 0.2) is 24.3 Å². The molecule has 0 aliphatic rings. The zero-order valence-electron chi connectivity index (χ0n) is 12.5. The van der Waals surface area contributed by atoms with Crippen LogP contribution >= 0.6 is 0 Å². The topological polar surface area (TPSA) is 93.1 Å². The molecule has 0 saturated carbocycles. The normalized spacial score (nSPS) is 10.2. The molecule has 6 heteroatoms. The molecule has 1 aromatic carbocycles. The molecule has 0 heterocycles. The quantitative estimate of drug-likeness (QED) is 0.577. The van der Waals surface area contributed by atoms with Gasteiger partial charge in [0.15, 0.2) is 0 Å². The second-order valence-corrected chi connectivity index (χ2v) is 4.87. The number of carbonyl (C=O) groups is 2. The molecular formula is C16H22O6. The maximum atomic E-state index is 10.3. The smallest absolute Gasteiger partial charge is 0.303 e. The SMILES string of the molecule is O=C(O)CCCCOc1ccc(OCCCCC(=O)O)cc1. The molecule has 6 nitrogen and oxygen atoms in total. The monoisotopic (exact) mass is 310 g/mol. The molecule has 22 heavy (non-hydrogen) atoms. The number of hydrogen-bond donors (Lipinski definition) is 2. The van der Waals surface area contributed by atoms with Crippen LogP contribution in [0.1, 0.15) is 38.5 Å². The van der Waals surface area contributed by atoms with Crippen LogP contribution < -0.4 is 9.47 Å². The van der Waals surface area contributed by atoms with Crippen molar-refractivity contribution in [1.82, 2.24) is 0 Å². The van der Waals surface area contributed by atoms with Crippen molar-refractivity contribution in [3.05, 3.63) is 24.3 Å². The van der Waals surface area contributed by atoms with Crippen molar-refractivity contribution in [2.45, 2.75) is 38.5 Å². The summed E-state index contributed by atoms with van der Waals surface area (Å²) in [4.78, 5) is 20.7. The Hall–Kier alpha value is -2.24. The van der Waals surface area contributed by atoms with Gasteiger partial charge in [-0.3, -0.25) is 9.59 Å². The van der Waals surface area contributed by atoms with Crippen LogP contribution in [0, 0.1) is 0 Å². The standard InChI is InChI=1S/C16H22O6/c17-15(18)5-1-3-11-21-13-7-9-14(10-8-13)22-12-4-2-6-16(19)20/h7-10H,1-6,11-12H2,(H,17,18)(H,19,20). The highest BCUT2D eigenvalue weighted by atomic mass is 16.5. The Morgan fingerprint density at radius 3 is 1.41 bits per heavy atom. The second-order valence-electron chi connectivity index (χ2n) is 4.87. The number of hydrogen-bond acceptors (Lipinski definition) is 4.